The summed E-state index contributed by atoms with van der Waals surface area (Å²) in [6, 6.07) is 0.844. The summed E-state index contributed by atoms with van der Waals surface area (Å²) in [5, 5.41) is 9.17. The minimum atomic E-state index is -0.683. The molecule has 0 spiro atoms. The van der Waals surface area contributed by atoms with Crippen LogP contribution in [0.5, 0.6) is 0 Å². The Balaban J connectivity index is 1.55. The van der Waals surface area contributed by atoms with Gasteiger partial charge in [-0.1, -0.05) is 12.1 Å². The van der Waals surface area contributed by atoms with Gasteiger partial charge in [-0.3, -0.25) is 19.8 Å². The summed E-state index contributed by atoms with van der Waals surface area (Å²) in [6.45, 7) is 4.81. The number of hydrogen-bond acceptors (Lipinski definition) is 6. The van der Waals surface area contributed by atoms with E-state index in [4.69, 9.17) is 4.52 Å². The second kappa shape index (κ2) is 7.45. The Labute approximate surface area is 151 Å². The number of aromatic nitrogens is 1. The fourth-order valence-corrected chi connectivity index (χ4v) is 3.01. The maximum Gasteiger partial charge on any atom is 0.274 e. The predicted octanol–water partition coefficient (Wildman–Crippen LogP) is 0.0285. The third-order valence-corrected chi connectivity index (χ3v) is 5.01. The first-order chi connectivity index (χ1) is 12.4. The van der Waals surface area contributed by atoms with Crippen LogP contribution in [0.4, 0.5) is 0 Å². The number of aryl methyl sites for hydroxylation is 1. The summed E-state index contributed by atoms with van der Waals surface area (Å²) in [6.07, 6.45) is 3.36. The van der Waals surface area contributed by atoms with Crippen molar-refractivity contribution in [3.8, 4) is 0 Å². The fourth-order valence-electron chi connectivity index (χ4n) is 3.01. The van der Waals surface area contributed by atoms with Crippen LogP contribution >= 0.6 is 0 Å². The highest BCUT2D eigenvalue weighted by molar-refractivity contribution is 5.96. The molecule has 2 fully saturated rings. The van der Waals surface area contributed by atoms with Crippen LogP contribution in [0.1, 0.15) is 48.9 Å². The summed E-state index contributed by atoms with van der Waals surface area (Å²) >= 11 is 0. The molecule has 3 rings (SSSR count). The van der Waals surface area contributed by atoms with Crippen LogP contribution < -0.4 is 21.5 Å². The van der Waals surface area contributed by atoms with E-state index in [9.17, 15) is 14.4 Å². The van der Waals surface area contributed by atoms with Gasteiger partial charge in [0.15, 0.2) is 5.69 Å². The van der Waals surface area contributed by atoms with Crippen molar-refractivity contribution in [1.82, 2.24) is 26.6 Å². The third kappa shape index (κ3) is 4.60. The van der Waals surface area contributed by atoms with Crippen LogP contribution in [-0.4, -0.2) is 42.0 Å². The van der Waals surface area contributed by atoms with Crippen molar-refractivity contribution in [2.45, 2.75) is 45.6 Å². The molecule has 2 aliphatic rings. The van der Waals surface area contributed by atoms with Gasteiger partial charge in [-0.15, -0.1) is 0 Å². The number of hydrazine groups is 1. The Morgan fingerprint density at radius 2 is 2.23 bits per heavy atom. The predicted molar refractivity (Wildman–Crippen MR) is 91.7 cm³/mol. The van der Waals surface area contributed by atoms with Gasteiger partial charge in [0.1, 0.15) is 11.8 Å². The zero-order chi connectivity index (χ0) is 18.7. The monoisotopic (exact) mass is 363 g/mol. The van der Waals surface area contributed by atoms with Gasteiger partial charge in [-0.25, -0.2) is 5.43 Å². The zero-order valence-corrected chi connectivity index (χ0v) is 15.1. The zero-order valence-electron chi connectivity index (χ0n) is 15.1. The van der Waals surface area contributed by atoms with E-state index in [0.717, 1.165) is 19.3 Å². The summed E-state index contributed by atoms with van der Waals surface area (Å²) in [5.74, 6) is -0.403. The van der Waals surface area contributed by atoms with Gasteiger partial charge in [0.05, 0.1) is 5.92 Å². The molecule has 26 heavy (non-hydrogen) atoms. The summed E-state index contributed by atoms with van der Waals surface area (Å²) in [5.41, 5.74) is 5.65. The SMILES string of the molecule is Cc1cc(C(=O)NC(CC2(C)CC2)C(=O)NNCC2CCNC2=O)no1. The molecule has 9 nitrogen and oxygen atoms in total. The van der Waals surface area contributed by atoms with Crippen LogP contribution in [0.2, 0.25) is 0 Å². The first kappa shape index (κ1) is 18.4. The standard InChI is InChI=1S/C17H25N5O4/c1-10-7-12(22-26-10)15(24)20-13(8-17(2)4-5-17)16(25)21-19-9-11-3-6-18-14(11)23/h7,11,13,19H,3-6,8-9H2,1-2H3,(H,18,23)(H,20,24)(H,21,25). The number of hydrogen-bond donors (Lipinski definition) is 4. The molecular weight excluding hydrogens is 338 g/mol. The first-order valence-corrected chi connectivity index (χ1v) is 8.91. The van der Waals surface area contributed by atoms with E-state index >= 15 is 0 Å². The van der Waals surface area contributed by atoms with Crippen LogP contribution in [0.15, 0.2) is 10.6 Å². The maximum absolute atomic E-state index is 12.5. The maximum atomic E-state index is 12.5. The largest absolute Gasteiger partial charge is 0.361 e. The van der Waals surface area contributed by atoms with Gasteiger partial charge in [0.2, 0.25) is 5.91 Å². The number of nitrogens with one attached hydrogen (secondary N) is 4. The lowest BCUT2D eigenvalue weighted by Gasteiger charge is -2.21. The molecule has 2 heterocycles. The minimum Gasteiger partial charge on any atom is -0.361 e. The number of carbonyl (C=O) groups is 3. The second-order valence-electron chi connectivity index (χ2n) is 7.51. The average molecular weight is 363 g/mol. The van der Waals surface area contributed by atoms with E-state index in [0.29, 0.717) is 25.3 Å². The smallest absolute Gasteiger partial charge is 0.274 e. The highest BCUT2D eigenvalue weighted by atomic mass is 16.5. The lowest BCUT2D eigenvalue weighted by atomic mass is 9.98. The molecule has 0 aromatic carbocycles. The van der Waals surface area contributed by atoms with Crippen molar-refractivity contribution in [1.29, 1.82) is 0 Å². The first-order valence-electron chi connectivity index (χ1n) is 8.91. The average Bonchev–Trinajstić information content (AvgIpc) is 2.95. The van der Waals surface area contributed by atoms with Gasteiger partial charge in [0.25, 0.3) is 11.8 Å². The molecule has 1 saturated heterocycles. The molecule has 1 aliphatic heterocycles. The highest BCUT2D eigenvalue weighted by Crippen LogP contribution is 2.48. The molecule has 142 valence electrons. The van der Waals surface area contributed by atoms with Crippen LogP contribution in [0.25, 0.3) is 0 Å². The Hall–Kier alpha value is -2.42. The molecule has 0 bridgehead atoms. The summed E-state index contributed by atoms with van der Waals surface area (Å²) in [4.78, 5) is 36.4. The number of nitrogens with zero attached hydrogens (tertiary/aromatic N) is 1. The van der Waals surface area contributed by atoms with Gasteiger partial charge >= 0.3 is 0 Å². The number of carbonyl (C=O) groups excluding carboxylic acids is 3. The van der Waals surface area contributed by atoms with E-state index in [2.05, 4.69) is 33.6 Å². The summed E-state index contributed by atoms with van der Waals surface area (Å²) < 4.78 is 4.91. The van der Waals surface area contributed by atoms with Crippen LogP contribution in [0.3, 0.4) is 0 Å². The number of amides is 3. The van der Waals surface area contributed by atoms with Gasteiger partial charge in [-0.05, 0) is 38.0 Å². The van der Waals surface area contributed by atoms with Crippen LogP contribution in [-0.2, 0) is 9.59 Å². The lowest BCUT2D eigenvalue weighted by Crippen LogP contribution is -2.52. The molecule has 0 radical (unpaired) electrons. The molecule has 1 aromatic rings. The molecule has 4 N–H and O–H groups in total. The Morgan fingerprint density at radius 1 is 1.46 bits per heavy atom. The van der Waals surface area contributed by atoms with Crippen LogP contribution in [0, 0.1) is 18.3 Å². The van der Waals surface area contributed by atoms with Gasteiger partial charge in [-0.2, -0.15) is 0 Å². The number of rotatable bonds is 8. The van der Waals surface area contributed by atoms with E-state index in [1.165, 1.54) is 6.07 Å². The second-order valence-corrected chi connectivity index (χ2v) is 7.51. The molecule has 2 atom stereocenters. The topological polar surface area (TPSA) is 125 Å². The quantitative estimate of drug-likeness (QED) is 0.483. The van der Waals surface area contributed by atoms with Crippen molar-refractivity contribution < 1.29 is 18.9 Å². The Bertz CT molecular complexity index is 697. The van der Waals surface area contributed by atoms with E-state index < -0.39 is 11.9 Å². The molecule has 1 saturated carbocycles. The Kier molecular flexibility index (Phi) is 5.26. The normalized spacial score (nSPS) is 21.8. The Morgan fingerprint density at radius 3 is 2.81 bits per heavy atom. The van der Waals surface area contributed by atoms with Crippen molar-refractivity contribution in [3.05, 3.63) is 17.5 Å². The van der Waals surface area contributed by atoms with Crippen molar-refractivity contribution in [2.24, 2.45) is 11.3 Å². The minimum absolute atomic E-state index is 0.0107. The van der Waals surface area contributed by atoms with E-state index in [1.54, 1.807) is 6.92 Å². The highest BCUT2D eigenvalue weighted by Gasteiger charge is 2.41. The van der Waals surface area contributed by atoms with Crippen molar-refractivity contribution in [3.63, 3.8) is 0 Å². The van der Waals surface area contributed by atoms with Gasteiger partial charge in [0, 0.05) is 19.2 Å². The molecular formula is C17H25N5O4. The van der Waals surface area contributed by atoms with E-state index in [-0.39, 0.29) is 28.8 Å². The lowest BCUT2D eigenvalue weighted by molar-refractivity contribution is -0.126. The summed E-state index contributed by atoms with van der Waals surface area (Å²) in [7, 11) is 0. The van der Waals surface area contributed by atoms with E-state index in [1.807, 2.05) is 0 Å². The molecule has 2 unspecified atom stereocenters. The van der Waals surface area contributed by atoms with Gasteiger partial charge < -0.3 is 15.2 Å². The van der Waals surface area contributed by atoms with Crippen molar-refractivity contribution >= 4 is 17.7 Å². The molecule has 1 aromatic heterocycles. The third-order valence-electron chi connectivity index (χ3n) is 5.01. The fraction of sp³-hybridized carbons (Fsp3) is 0.647. The molecule has 3 amide bonds. The van der Waals surface area contributed by atoms with Crippen molar-refractivity contribution in [2.75, 3.05) is 13.1 Å². The molecule has 1 aliphatic carbocycles. The molecule has 9 heteroatoms.